The highest BCUT2D eigenvalue weighted by molar-refractivity contribution is 5.59. The van der Waals surface area contributed by atoms with Crippen LogP contribution in [0, 0.1) is 6.92 Å². The Balaban J connectivity index is 2.42. The van der Waals surface area contributed by atoms with Crippen molar-refractivity contribution in [1.29, 1.82) is 0 Å². The highest BCUT2D eigenvalue weighted by Crippen LogP contribution is 2.20. The molecular weight excluding hydrogens is 188 g/mol. The van der Waals surface area contributed by atoms with Crippen LogP contribution >= 0.6 is 0 Å². The van der Waals surface area contributed by atoms with E-state index in [4.69, 9.17) is 5.73 Å². The lowest BCUT2D eigenvalue weighted by atomic mass is 10.2. The molecule has 80 valence electrons. The van der Waals surface area contributed by atoms with E-state index in [2.05, 4.69) is 23.4 Å². The standard InChI is InChI=1S/C11H16N4/c1-9-7-11(15(13-9)6-4-12)10-3-5-14(2)8-10/h3,5,7-8H,4,6,12H2,1-2H3. The van der Waals surface area contributed by atoms with Crippen LogP contribution in [-0.4, -0.2) is 20.9 Å². The van der Waals surface area contributed by atoms with Crippen LogP contribution in [0.25, 0.3) is 11.3 Å². The smallest absolute Gasteiger partial charge is 0.0700 e. The summed E-state index contributed by atoms with van der Waals surface area (Å²) in [6.07, 6.45) is 4.12. The van der Waals surface area contributed by atoms with Gasteiger partial charge in [0.15, 0.2) is 0 Å². The van der Waals surface area contributed by atoms with Gasteiger partial charge in [0.05, 0.1) is 17.9 Å². The topological polar surface area (TPSA) is 48.8 Å². The minimum Gasteiger partial charge on any atom is -0.357 e. The van der Waals surface area contributed by atoms with Crippen LogP contribution in [0.15, 0.2) is 24.5 Å². The molecule has 0 aliphatic rings. The Morgan fingerprint density at radius 1 is 1.47 bits per heavy atom. The number of nitrogens with zero attached hydrogens (tertiary/aromatic N) is 3. The summed E-state index contributed by atoms with van der Waals surface area (Å²) in [7, 11) is 2.01. The predicted octanol–water partition coefficient (Wildman–Crippen LogP) is 1.16. The molecule has 15 heavy (non-hydrogen) atoms. The quantitative estimate of drug-likeness (QED) is 0.815. The van der Waals surface area contributed by atoms with Crippen LogP contribution in [-0.2, 0) is 13.6 Å². The maximum absolute atomic E-state index is 5.56. The molecule has 0 atom stereocenters. The molecule has 2 rings (SSSR count). The molecule has 2 aromatic heterocycles. The maximum Gasteiger partial charge on any atom is 0.0700 e. The highest BCUT2D eigenvalue weighted by atomic mass is 15.3. The summed E-state index contributed by atoms with van der Waals surface area (Å²) in [5, 5.41) is 4.41. The first-order valence-corrected chi connectivity index (χ1v) is 5.07. The third-order valence-corrected chi connectivity index (χ3v) is 2.37. The first-order chi connectivity index (χ1) is 7.20. The molecule has 2 N–H and O–H groups in total. The fourth-order valence-corrected chi connectivity index (χ4v) is 1.73. The lowest BCUT2D eigenvalue weighted by molar-refractivity contribution is 0.626. The zero-order valence-corrected chi connectivity index (χ0v) is 9.14. The highest BCUT2D eigenvalue weighted by Gasteiger charge is 2.07. The third kappa shape index (κ3) is 1.94. The summed E-state index contributed by atoms with van der Waals surface area (Å²) >= 11 is 0. The summed E-state index contributed by atoms with van der Waals surface area (Å²) in [4.78, 5) is 0. The normalized spacial score (nSPS) is 10.9. The van der Waals surface area contributed by atoms with Gasteiger partial charge in [0.25, 0.3) is 0 Å². The lowest BCUT2D eigenvalue weighted by Crippen LogP contribution is -2.12. The zero-order chi connectivity index (χ0) is 10.8. The van der Waals surface area contributed by atoms with Crippen LogP contribution in [0.1, 0.15) is 5.69 Å². The van der Waals surface area contributed by atoms with E-state index in [1.165, 1.54) is 5.56 Å². The molecule has 4 heteroatoms. The maximum atomic E-state index is 5.56. The van der Waals surface area contributed by atoms with Gasteiger partial charge < -0.3 is 10.3 Å². The molecule has 0 amide bonds. The molecule has 0 aliphatic carbocycles. The van der Waals surface area contributed by atoms with Crippen LogP contribution in [0.5, 0.6) is 0 Å². The van der Waals surface area contributed by atoms with Crippen molar-refractivity contribution in [3.63, 3.8) is 0 Å². The predicted molar refractivity (Wildman–Crippen MR) is 60.4 cm³/mol. The molecule has 0 aliphatic heterocycles. The molecule has 0 unspecified atom stereocenters. The molecular formula is C11H16N4. The first kappa shape index (κ1) is 9.98. The Hall–Kier alpha value is -1.55. The zero-order valence-electron chi connectivity index (χ0n) is 9.14. The summed E-state index contributed by atoms with van der Waals surface area (Å²) in [5.41, 5.74) is 8.91. The minimum atomic E-state index is 0.612. The van der Waals surface area contributed by atoms with Gasteiger partial charge in [-0.1, -0.05) is 0 Å². The van der Waals surface area contributed by atoms with Gasteiger partial charge in [-0.3, -0.25) is 4.68 Å². The van der Waals surface area contributed by atoms with Gasteiger partial charge in [0.1, 0.15) is 0 Å². The van der Waals surface area contributed by atoms with E-state index < -0.39 is 0 Å². The van der Waals surface area contributed by atoms with E-state index in [9.17, 15) is 0 Å². The van der Waals surface area contributed by atoms with E-state index >= 15 is 0 Å². The Bertz CT molecular complexity index is 453. The van der Waals surface area contributed by atoms with Crippen molar-refractivity contribution in [2.24, 2.45) is 12.8 Å². The van der Waals surface area contributed by atoms with Crippen molar-refractivity contribution in [2.75, 3.05) is 6.54 Å². The Morgan fingerprint density at radius 3 is 2.87 bits per heavy atom. The van der Waals surface area contributed by atoms with E-state index in [0.29, 0.717) is 6.54 Å². The average molecular weight is 204 g/mol. The van der Waals surface area contributed by atoms with Crippen LogP contribution in [0.2, 0.25) is 0 Å². The first-order valence-electron chi connectivity index (χ1n) is 5.07. The SMILES string of the molecule is Cc1cc(-c2ccn(C)c2)n(CCN)n1. The van der Waals surface area contributed by atoms with Crippen molar-refractivity contribution >= 4 is 0 Å². The molecule has 2 heterocycles. The van der Waals surface area contributed by atoms with Crippen molar-refractivity contribution in [3.8, 4) is 11.3 Å². The van der Waals surface area contributed by atoms with Gasteiger partial charge in [-0.25, -0.2) is 0 Å². The van der Waals surface area contributed by atoms with E-state index in [-0.39, 0.29) is 0 Å². The van der Waals surface area contributed by atoms with Gasteiger partial charge in [0, 0.05) is 31.5 Å². The van der Waals surface area contributed by atoms with Crippen LogP contribution in [0.3, 0.4) is 0 Å². The van der Waals surface area contributed by atoms with Crippen LogP contribution < -0.4 is 5.73 Å². The van der Waals surface area contributed by atoms with Gasteiger partial charge in [-0.05, 0) is 19.1 Å². The summed E-state index contributed by atoms with van der Waals surface area (Å²) < 4.78 is 4.00. The monoisotopic (exact) mass is 204 g/mol. The number of aromatic nitrogens is 3. The molecule has 0 bridgehead atoms. The molecule has 0 saturated carbocycles. The summed E-state index contributed by atoms with van der Waals surface area (Å²) in [5.74, 6) is 0. The Kier molecular flexibility index (Phi) is 2.60. The fraction of sp³-hybridized carbons (Fsp3) is 0.364. The van der Waals surface area contributed by atoms with Gasteiger partial charge in [-0.15, -0.1) is 0 Å². The second-order valence-corrected chi connectivity index (χ2v) is 3.75. The number of aryl methyl sites for hydroxylation is 2. The molecule has 4 nitrogen and oxygen atoms in total. The largest absolute Gasteiger partial charge is 0.357 e. The Labute approximate surface area is 89.3 Å². The second kappa shape index (κ2) is 3.90. The molecule has 0 saturated heterocycles. The number of hydrogen-bond donors (Lipinski definition) is 1. The van der Waals surface area contributed by atoms with E-state index in [0.717, 1.165) is 17.9 Å². The van der Waals surface area contributed by atoms with Gasteiger partial charge in [-0.2, -0.15) is 5.10 Å². The number of hydrogen-bond acceptors (Lipinski definition) is 2. The summed E-state index contributed by atoms with van der Waals surface area (Å²) in [6, 6.07) is 4.18. The lowest BCUT2D eigenvalue weighted by Gasteiger charge is -2.03. The second-order valence-electron chi connectivity index (χ2n) is 3.75. The molecule has 2 aromatic rings. The van der Waals surface area contributed by atoms with Gasteiger partial charge in [0.2, 0.25) is 0 Å². The Morgan fingerprint density at radius 2 is 2.27 bits per heavy atom. The fourth-order valence-electron chi connectivity index (χ4n) is 1.73. The van der Waals surface area contributed by atoms with Crippen molar-refractivity contribution in [1.82, 2.24) is 14.3 Å². The molecule has 0 aromatic carbocycles. The summed E-state index contributed by atoms with van der Waals surface area (Å²) in [6.45, 7) is 3.37. The van der Waals surface area contributed by atoms with Gasteiger partial charge >= 0.3 is 0 Å². The van der Waals surface area contributed by atoms with Crippen molar-refractivity contribution in [3.05, 3.63) is 30.2 Å². The average Bonchev–Trinajstić information content (AvgIpc) is 2.73. The molecule has 0 spiro atoms. The number of nitrogens with two attached hydrogens (primary N) is 1. The van der Waals surface area contributed by atoms with E-state index in [1.54, 1.807) is 0 Å². The van der Waals surface area contributed by atoms with Crippen molar-refractivity contribution < 1.29 is 0 Å². The minimum absolute atomic E-state index is 0.612. The third-order valence-electron chi connectivity index (χ3n) is 2.37. The number of rotatable bonds is 3. The van der Waals surface area contributed by atoms with Crippen LogP contribution in [0.4, 0.5) is 0 Å². The van der Waals surface area contributed by atoms with Crippen molar-refractivity contribution in [2.45, 2.75) is 13.5 Å². The molecule has 0 radical (unpaired) electrons. The molecule has 0 fully saturated rings. The van der Waals surface area contributed by atoms with E-state index in [1.807, 2.05) is 29.4 Å².